The Bertz CT molecular complexity index is 524. The summed E-state index contributed by atoms with van der Waals surface area (Å²) in [6.07, 6.45) is -0.253. The first kappa shape index (κ1) is 17.3. The van der Waals surface area contributed by atoms with Crippen molar-refractivity contribution in [1.82, 2.24) is 4.31 Å². The molecule has 8 heteroatoms. The van der Waals surface area contributed by atoms with Crippen LogP contribution in [0, 0.1) is 5.82 Å². The number of sulfonamides is 1. The van der Waals surface area contributed by atoms with E-state index in [1.54, 1.807) is 0 Å². The summed E-state index contributed by atoms with van der Waals surface area (Å²) in [7, 11) is -3.42. The van der Waals surface area contributed by atoms with Crippen molar-refractivity contribution in [3.63, 3.8) is 0 Å². The summed E-state index contributed by atoms with van der Waals surface area (Å²) in [4.78, 5) is 0. The highest BCUT2D eigenvalue weighted by atomic mass is 35.5. The van der Waals surface area contributed by atoms with Crippen LogP contribution in [-0.2, 0) is 20.5 Å². The average molecular weight is 325 g/mol. The van der Waals surface area contributed by atoms with E-state index < -0.39 is 10.0 Å². The minimum absolute atomic E-state index is 0. The van der Waals surface area contributed by atoms with Crippen LogP contribution >= 0.6 is 12.4 Å². The molecule has 1 saturated heterocycles. The largest absolute Gasteiger partial charge is 0.374 e. The lowest BCUT2D eigenvalue weighted by Gasteiger charge is -2.31. The molecule has 0 aromatic heterocycles. The average Bonchev–Trinajstić information content (AvgIpc) is 2.41. The zero-order chi connectivity index (χ0) is 13.9. The van der Waals surface area contributed by atoms with Gasteiger partial charge in [0.2, 0.25) is 10.0 Å². The smallest absolute Gasteiger partial charge is 0.218 e. The number of rotatable bonds is 4. The number of halogens is 2. The Labute approximate surface area is 124 Å². The van der Waals surface area contributed by atoms with Crippen molar-refractivity contribution < 1.29 is 17.5 Å². The van der Waals surface area contributed by atoms with E-state index in [9.17, 15) is 12.8 Å². The second-order valence-corrected chi connectivity index (χ2v) is 6.44. The quantitative estimate of drug-likeness (QED) is 0.886. The van der Waals surface area contributed by atoms with Crippen LogP contribution in [0.4, 0.5) is 4.39 Å². The van der Waals surface area contributed by atoms with Gasteiger partial charge >= 0.3 is 0 Å². The molecule has 0 amide bonds. The van der Waals surface area contributed by atoms with Gasteiger partial charge in [-0.05, 0) is 17.7 Å². The van der Waals surface area contributed by atoms with Gasteiger partial charge in [0.05, 0.1) is 18.5 Å². The first-order chi connectivity index (χ1) is 9.01. The summed E-state index contributed by atoms with van der Waals surface area (Å²) in [6.45, 7) is 1.26. The molecule has 1 aromatic carbocycles. The van der Waals surface area contributed by atoms with Crippen molar-refractivity contribution in [3.05, 3.63) is 35.6 Å². The highest BCUT2D eigenvalue weighted by molar-refractivity contribution is 7.88. The number of hydrogen-bond donors (Lipinski definition) is 1. The maximum Gasteiger partial charge on any atom is 0.218 e. The fourth-order valence-electron chi connectivity index (χ4n) is 1.97. The van der Waals surface area contributed by atoms with Crippen LogP contribution in [-0.4, -0.2) is 45.1 Å². The number of hydrogen-bond acceptors (Lipinski definition) is 4. The van der Waals surface area contributed by atoms with Crippen LogP contribution in [0.1, 0.15) is 5.56 Å². The molecule has 0 saturated carbocycles. The lowest BCUT2D eigenvalue weighted by molar-refractivity contribution is 0.00446. The topological polar surface area (TPSA) is 72.6 Å². The molecule has 1 atom stereocenters. The van der Waals surface area contributed by atoms with Gasteiger partial charge in [-0.25, -0.2) is 12.8 Å². The normalized spacial score (nSPS) is 20.4. The molecule has 2 rings (SSSR count). The standard InChI is InChI=1S/C12H17FN2O3S.ClH/c13-11-3-1-10(2-4-11)9-19(16,17)15-5-6-18-12(7-14)8-15;/h1-4,12H,5-9,14H2;1H. The Morgan fingerprint density at radius 2 is 2.00 bits per heavy atom. The van der Waals surface area contributed by atoms with Gasteiger partial charge < -0.3 is 10.5 Å². The van der Waals surface area contributed by atoms with Gasteiger partial charge in [-0.3, -0.25) is 0 Å². The zero-order valence-corrected chi connectivity index (χ0v) is 12.5. The summed E-state index contributed by atoms with van der Waals surface area (Å²) in [5.41, 5.74) is 6.06. The van der Waals surface area contributed by atoms with E-state index in [-0.39, 0.29) is 36.6 Å². The summed E-state index contributed by atoms with van der Waals surface area (Å²) in [6, 6.07) is 5.47. The van der Waals surface area contributed by atoms with Crippen molar-refractivity contribution in [2.75, 3.05) is 26.2 Å². The van der Waals surface area contributed by atoms with Crippen LogP contribution in [0.2, 0.25) is 0 Å². The van der Waals surface area contributed by atoms with E-state index in [0.717, 1.165) is 0 Å². The minimum atomic E-state index is -3.42. The number of benzene rings is 1. The Morgan fingerprint density at radius 1 is 1.35 bits per heavy atom. The maximum atomic E-state index is 12.8. The molecular weight excluding hydrogens is 307 g/mol. The van der Waals surface area contributed by atoms with Crippen LogP contribution in [0.25, 0.3) is 0 Å². The van der Waals surface area contributed by atoms with Gasteiger partial charge in [0.1, 0.15) is 5.82 Å². The first-order valence-electron chi connectivity index (χ1n) is 6.05. The van der Waals surface area contributed by atoms with Gasteiger partial charge in [0.15, 0.2) is 0 Å². The number of morpholine rings is 1. The second kappa shape index (κ2) is 7.33. The van der Waals surface area contributed by atoms with Gasteiger partial charge in [0, 0.05) is 19.6 Å². The van der Waals surface area contributed by atoms with E-state index >= 15 is 0 Å². The molecule has 0 bridgehead atoms. The molecule has 1 aliphatic rings. The molecule has 0 aliphatic carbocycles. The van der Waals surface area contributed by atoms with Crippen LogP contribution in [0.3, 0.4) is 0 Å². The lowest BCUT2D eigenvalue weighted by Crippen LogP contribution is -2.48. The fourth-order valence-corrected chi connectivity index (χ4v) is 3.51. The van der Waals surface area contributed by atoms with Crippen molar-refractivity contribution in [1.29, 1.82) is 0 Å². The minimum Gasteiger partial charge on any atom is -0.374 e. The first-order valence-corrected chi connectivity index (χ1v) is 7.66. The Balaban J connectivity index is 0.00000200. The zero-order valence-electron chi connectivity index (χ0n) is 10.9. The Morgan fingerprint density at radius 3 is 2.60 bits per heavy atom. The second-order valence-electron chi connectivity index (χ2n) is 4.47. The Kier molecular flexibility index (Phi) is 6.35. The van der Waals surface area contributed by atoms with Crippen LogP contribution in [0.5, 0.6) is 0 Å². The molecule has 1 heterocycles. The van der Waals surface area contributed by atoms with Crippen molar-refractivity contribution in [3.8, 4) is 0 Å². The molecule has 1 fully saturated rings. The third-order valence-corrected chi connectivity index (χ3v) is 4.84. The molecule has 1 aliphatic heterocycles. The van der Waals surface area contributed by atoms with Crippen molar-refractivity contribution in [2.45, 2.75) is 11.9 Å². The highest BCUT2D eigenvalue weighted by Gasteiger charge is 2.28. The maximum absolute atomic E-state index is 12.8. The van der Waals surface area contributed by atoms with E-state index in [4.69, 9.17) is 10.5 Å². The molecule has 2 N–H and O–H groups in total. The monoisotopic (exact) mass is 324 g/mol. The van der Waals surface area contributed by atoms with Gasteiger partial charge in [-0.15, -0.1) is 12.4 Å². The van der Waals surface area contributed by atoms with E-state index in [1.165, 1.54) is 28.6 Å². The molecule has 114 valence electrons. The summed E-state index contributed by atoms with van der Waals surface area (Å²) >= 11 is 0. The molecule has 1 unspecified atom stereocenters. The molecule has 0 spiro atoms. The van der Waals surface area contributed by atoms with Crippen LogP contribution in [0.15, 0.2) is 24.3 Å². The predicted molar refractivity (Wildman–Crippen MR) is 76.6 cm³/mol. The SMILES string of the molecule is Cl.NCC1CN(S(=O)(=O)Cc2ccc(F)cc2)CCO1. The summed E-state index contributed by atoms with van der Waals surface area (Å²) in [5.74, 6) is -0.513. The summed E-state index contributed by atoms with van der Waals surface area (Å²) in [5, 5.41) is 0. The van der Waals surface area contributed by atoms with E-state index in [1.807, 2.05) is 0 Å². The Hall–Kier alpha value is -0.730. The summed E-state index contributed by atoms with van der Waals surface area (Å²) < 4.78 is 44.0. The predicted octanol–water partition coefficient (Wildman–Crippen LogP) is 0.737. The van der Waals surface area contributed by atoms with Gasteiger partial charge in [-0.2, -0.15) is 4.31 Å². The van der Waals surface area contributed by atoms with Gasteiger partial charge in [-0.1, -0.05) is 12.1 Å². The number of nitrogens with zero attached hydrogens (tertiary/aromatic N) is 1. The van der Waals surface area contributed by atoms with Gasteiger partial charge in [0.25, 0.3) is 0 Å². The van der Waals surface area contributed by atoms with Crippen molar-refractivity contribution >= 4 is 22.4 Å². The lowest BCUT2D eigenvalue weighted by atomic mass is 10.2. The van der Waals surface area contributed by atoms with E-state index in [0.29, 0.717) is 25.3 Å². The highest BCUT2D eigenvalue weighted by Crippen LogP contribution is 2.15. The molecule has 5 nitrogen and oxygen atoms in total. The molecular formula is C12H18ClFN2O3S. The number of nitrogens with two attached hydrogens (primary N) is 1. The van der Waals surface area contributed by atoms with E-state index in [2.05, 4.69) is 0 Å². The molecule has 1 aromatic rings. The third kappa shape index (κ3) is 4.39. The number of ether oxygens (including phenoxy) is 1. The third-order valence-electron chi connectivity index (χ3n) is 3.02. The molecule has 0 radical (unpaired) electrons. The van der Waals surface area contributed by atoms with Crippen LogP contribution < -0.4 is 5.73 Å². The van der Waals surface area contributed by atoms with Crippen molar-refractivity contribution in [2.24, 2.45) is 5.73 Å². The fraction of sp³-hybridized carbons (Fsp3) is 0.500. The molecule has 20 heavy (non-hydrogen) atoms.